The number of benzene rings is 1. The Morgan fingerprint density at radius 3 is 2.50 bits per heavy atom. The molecule has 0 spiro atoms. The van der Waals surface area contributed by atoms with Gasteiger partial charge in [0.1, 0.15) is 0 Å². The molecule has 0 aliphatic rings. The molecule has 24 heavy (non-hydrogen) atoms. The maximum atomic E-state index is 4.59. The molecule has 1 unspecified atom stereocenters. The SMILES string of the molecule is Cc1cccc(CNC(c2cccnc2)c2ccc(C)c(C)c2)n1. The van der Waals surface area contributed by atoms with Crippen LogP contribution in [0.1, 0.15) is 39.7 Å². The van der Waals surface area contributed by atoms with Crippen LogP contribution >= 0.6 is 0 Å². The molecule has 0 aliphatic heterocycles. The molecule has 3 aromatic rings. The van der Waals surface area contributed by atoms with Gasteiger partial charge in [-0.05, 0) is 61.2 Å². The van der Waals surface area contributed by atoms with Crippen LogP contribution in [0.15, 0.2) is 60.9 Å². The highest BCUT2D eigenvalue weighted by Crippen LogP contribution is 2.24. The van der Waals surface area contributed by atoms with Gasteiger partial charge in [0.25, 0.3) is 0 Å². The predicted molar refractivity (Wildman–Crippen MR) is 97.8 cm³/mol. The molecule has 1 N–H and O–H groups in total. The summed E-state index contributed by atoms with van der Waals surface area (Å²) in [6.45, 7) is 7.03. The van der Waals surface area contributed by atoms with Crippen molar-refractivity contribution < 1.29 is 0 Å². The van der Waals surface area contributed by atoms with Crippen LogP contribution in [0.2, 0.25) is 0 Å². The number of pyridine rings is 2. The van der Waals surface area contributed by atoms with Gasteiger partial charge in [-0.15, -0.1) is 0 Å². The van der Waals surface area contributed by atoms with Crippen molar-refractivity contribution in [2.24, 2.45) is 0 Å². The largest absolute Gasteiger partial charge is 0.301 e. The van der Waals surface area contributed by atoms with Crippen molar-refractivity contribution in [3.63, 3.8) is 0 Å². The van der Waals surface area contributed by atoms with E-state index in [1.54, 1.807) is 0 Å². The van der Waals surface area contributed by atoms with Gasteiger partial charge in [0.2, 0.25) is 0 Å². The lowest BCUT2D eigenvalue weighted by Crippen LogP contribution is -2.23. The van der Waals surface area contributed by atoms with E-state index in [-0.39, 0.29) is 6.04 Å². The van der Waals surface area contributed by atoms with Crippen LogP contribution in [0.4, 0.5) is 0 Å². The Balaban J connectivity index is 1.89. The van der Waals surface area contributed by atoms with Gasteiger partial charge in [-0.1, -0.05) is 30.3 Å². The maximum absolute atomic E-state index is 4.59. The first-order chi connectivity index (χ1) is 11.6. The summed E-state index contributed by atoms with van der Waals surface area (Å²) in [4.78, 5) is 8.87. The molecule has 1 aromatic carbocycles. The Labute approximate surface area is 143 Å². The standard InChI is InChI=1S/C21H23N3/c1-15-9-10-18(12-16(15)2)21(19-7-5-11-22-13-19)23-14-20-8-4-6-17(3)24-20/h4-13,21,23H,14H2,1-3H3. The molecule has 0 fully saturated rings. The van der Waals surface area contributed by atoms with E-state index in [2.05, 4.69) is 65.5 Å². The molecule has 0 saturated heterocycles. The molecule has 0 amide bonds. The van der Waals surface area contributed by atoms with Crippen molar-refractivity contribution in [2.75, 3.05) is 0 Å². The van der Waals surface area contributed by atoms with Crippen LogP contribution in [0.3, 0.4) is 0 Å². The van der Waals surface area contributed by atoms with Crippen molar-refractivity contribution in [1.29, 1.82) is 0 Å². The lowest BCUT2D eigenvalue weighted by molar-refractivity contribution is 0.594. The highest BCUT2D eigenvalue weighted by atomic mass is 14.9. The normalized spacial score (nSPS) is 12.1. The first-order valence-corrected chi connectivity index (χ1v) is 8.26. The summed E-state index contributed by atoms with van der Waals surface area (Å²) < 4.78 is 0. The highest BCUT2D eigenvalue weighted by Gasteiger charge is 2.15. The van der Waals surface area contributed by atoms with Gasteiger partial charge in [-0.2, -0.15) is 0 Å². The minimum atomic E-state index is 0.0975. The zero-order valence-corrected chi connectivity index (χ0v) is 14.5. The van der Waals surface area contributed by atoms with E-state index in [9.17, 15) is 0 Å². The first kappa shape index (κ1) is 16.3. The Morgan fingerprint density at radius 1 is 0.917 bits per heavy atom. The molecule has 0 saturated carbocycles. The van der Waals surface area contributed by atoms with E-state index in [0.717, 1.165) is 17.0 Å². The first-order valence-electron chi connectivity index (χ1n) is 8.26. The van der Waals surface area contributed by atoms with E-state index < -0.39 is 0 Å². The quantitative estimate of drug-likeness (QED) is 0.763. The smallest absolute Gasteiger partial charge is 0.0595 e. The van der Waals surface area contributed by atoms with Gasteiger partial charge in [0.15, 0.2) is 0 Å². The van der Waals surface area contributed by atoms with Crippen molar-refractivity contribution in [3.05, 3.63) is 94.6 Å². The van der Waals surface area contributed by atoms with Gasteiger partial charge in [-0.3, -0.25) is 9.97 Å². The molecule has 3 rings (SSSR count). The molecule has 122 valence electrons. The van der Waals surface area contributed by atoms with Gasteiger partial charge in [0.05, 0.1) is 11.7 Å². The third kappa shape index (κ3) is 3.87. The predicted octanol–water partition coefficient (Wildman–Crippen LogP) is 4.28. The third-order valence-corrected chi connectivity index (χ3v) is 4.32. The second-order valence-electron chi connectivity index (χ2n) is 6.21. The number of rotatable bonds is 5. The Kier molecular flexibility index (Phi) is 5.02. The van der Waals surface area contributed by atoms with Crippen LogP contribution < -0.4 is 5.32 Å². The maximum Gasteiger partial charge on any atom is 0.0595 e. The lowest BCUT2D eigenvalue weighted by Gasteiger charge is -2.20. The van der Waals surface area contributed by atoms with E-state index >= 15 is 0 Å². The summed E-state index contributed by atoms with van der Waals surface area (Å²) in [5.41, 5.74) is 7.11. The minimum absolute atomic E-state index is 0.0975. The monoisotopic (exact) mass is 317 g/mol. The fraction of sp³-hybridized carbons (Fsp3) is 0.238. The molecular formula is C21H23N3. The zero-order chi connectivity index (χ0) is 16.9. The second kappa shape index (κ2) is 7.37. The third-order valence-electron chi connectivity index (χ3n) is 4.32. The second-order valence-corrected chi connectivity index (χ2v) is 6.21. The van der Waals surface area contributed by atoms with Gasteiger partial charge < -0.3 is 5.32 Å². The summed E-state index contributed by atoms with van der Waals surface area (Å²) >= 11 is 0. The lowest BCUT2D eigenvalue weighted by atomic mass is 9.96. The molecule has 2 heterocycles. The van der Waals surface area contributed by atoms with Crippen LogP contribution in [-0.2, 0) is 6.54 Å². The topological polar surface area (TPSA) is 37.8 Å². The summed E-state index contributed by atoms with van der Waals surface area (Å²) in [5.74, 6) is 0. The number of hydrogen-bond donors (Lipinski definition) is 1. The van der Waals surface area contributed by atoms with Crippen molar-refractivity contribution >= 4 is 0 Å². The summed E-state index contributed by atoms with van der Waals surface area (Å²) in [6.07, 6.45) is 3.74. The van der Waals surface area contributed by atoms with Crippen LogP contribution in [0.5, 0.6) is 0 Å². The van der Waals surface area contributed by atoms with E-state index in [4.69, 9.17) is 0 Å². The number of hydrogen-bond acceptors (Lipinski definition) is 3. The molecule has 1 atom stereocenters. The summed E-state index contributed by atoms with van der Waals surface area (Å²) in [7, 11) is 0. The van der Waals surface area contributed by atoms with Gasteiger partial charge >= 0.3 is 0 Å². The van der Waals surface area contributed by atoms with Gasteiger partial charge in [-0.25, -0.2) is 0 Å². The molecule has 2 aromatic heterocycles. The average Bonchev–Trinajstić information content (AvgIpc) is 2.59. The summed E-state index contributed by atoms with van der Waals surface area (Å²) in [6, 6.07) is 16.9. The van der Waals surface area contributed by atoms with E-state index in [1.807, 2.05) is 31.5 Å². The molecular weight excluding hydrogens is 294 g/mol. The number of nitrogens with zero attached hydrogens (tertiary/aromatic N) is 2. The van der Waals surface area contributed by atoms with Crippen molar-refractivity contribution in [1.82, 2.24) is 15.3 Å². The summed E-state index contributed by atoms with van der Waals surface area (Å²) in [5, 5.41) is 3.64. The van der Waals surface area contributed by atoms with Crippen molar-refractivity contribution in [2.45, 2.75) is 33.4 Å². The molecule has 3 nitrogen and oxygen atoms in total. The Morgan fingerprint density at radius 2 is 1.79 bits per heavy atom. The fourth-order valence-corrected chi connectivity index (χ4v) is 2.82. The van der Waals surface area contributed by atoms with Crippen LogP contribution in [-0.4, -0.2) is 9.97 Å². The molecule has 0 bridgehead atoms. The number of aromatic nitrogens is 2. The molecule has 0 aliphatic carbocycles. The van der Waals surface area contributed by atoms with Gasteiger partial charge in [0, 0.05) is 24.6 Å². The number of nitrogens with one attached hydrogen (secondary N) is 1. The fourth-order valence-electron chi connectivity index (χ4n) is 2.82. The Hall–Kier alpha value is -2.52. The van der Waals surface area contributed by atoms with E-state index in [1.165, 1.54) is 16.7 Å². The van der Waals surface area contributed by atoms with Crippen LogP contribution in [0, 0.1) is 20.8 Å². The highest BCUT2D eigenvalue weighted by molar-refractivity contribution is 5.36. The number of aryl methyl sites for hydroxylation is 3. The minimum Gasteiger partial charge on any atom is -0.301 e. The van der Waals surface area contributed by atoms with Crippen LogP contribution in [0.25, 0.3) is 0 Å². The Bertz CT molecular complexity index is 812. The average molecular weight is 317 g/mol. The molecule has 0 radical (unpaired) electrons. The van der Waals surface area contributed by atoms with Crippen molar-refractivity contribution in [3.8, 4) is 0 Å². The molecule has 3 heteroatoms. The van der Waals surface area contributed by atoms with E-state index in [0.29, 0.717) is 6.54 Å². The zero-order valence-electron chi connectivity index (χ0n) is 14.5.